The first-order chi connectivity index (χ1) is 12.2. The Morgan fingerprint density at radius 3 is 2.38 bits per heavy atom. The standard InChI is InChI=1S/C17H21F3N2O3S/c18-17(19,20)14-3-1-2-13(10-14)16(23)21-11-12-6-8-22(9-7-12)26(24,25)15-4-5-15/h1-3,10,12,15H,4-9,11H2,(H,21,23). The molecule has 1 heterocycles. The van der Waals surface area contributed by atoms with E-state index >= 15 is 0 Å². The summed E-state index contributed by atoms with van der Waals surface area (Å²) in [7, 11) is -3.17. The van der Waals surface area contributed by atoms with Crippen molar-refractivity contribution in [2.24, 2.45) is 5.92 Å². The van der Waals surface area contributed by atoms with Gasteiger partial charge in [-0.05, 0) is 49.8 Å². The van der Waals surface area contributed by atoms with Gasteiger partial charge in [-0.15, -0.1) is 0 Å². The third-order valence-electron chi connectivity index (χ3n) is 4.88. The molecule has 9 heteroatoms. The van der Waals surface area contributed by atoms with Crippen molar-refractivity contribution >= 4 is 15.9 Å². The highest BCUT2D eigenvalue weighted by atomic mass is 32.2. The summed E-state index contributed by atoms with van der Waals surface area (Å²) in [5.41, 5.74) is -0.891. The molecule has 1 amide bonds. The molecule has 1 aromatic carbocycles. The summed E-state index contributed by atoms with van der Waals surface area (Å²) in [6.07, 6.45) is -1.76. The van der Waals surface area contributed by atoms with Crippen molar-refractivity contribution in [3.8, 4) is 0 Å². The van der Waals surface area contributed by atoms with Crippen LogP contribution in [0.5, 0.6) is 0 Å². The normalized spacial score (nSPS) is 20.1. The Labute approximate surface area is 150 Å². The van der Waals surface area contributed by atoms with Gasteiger partial charge in [0.1, 0.15) is 0 Å². The molecule has 0 radical (unpaired) electrons. The summed E-state index contributed by atoms with van der Waals surface area (Å²) in [5.74, 6) is -0.431. The van der Waals surface area contributed by atoms with E-state index in [0.717, 1.165) is 25.0 Å². The predicted molar refractivity (Wildman–Crippen MR) is 90.0 cm³/mol. The Morgan fingerprint density at radius 2 is 1.81 bits per heavy atom. The molecular weight excluding hydrogens is 369 g/mol. The quantitative estimate of drug-likeness (QED) is 0.841. The van der Waals surface area contributed by atoms with Gasteiger partial charge >= 0.3 is 6.18 Å². The van der Waals surface area contributed by atoms with Crippen LogP contribution < -0.4 is 5.32 Å². The molecule has 0 atom stereocenters. The molecule has 0 spiro atoms. The maximum absolute atomic E-state index is 12.7. The first kappa shape index (κ1) is 19.2. The van der Waals surface area contributed by atoms with Gasteiger partial charge in [0.25, 0.3) is 5.91 Å². The number of benzene rings is 1. The zero-order chi connectivity index (χ0) is 18.9. The topological polar surface area (TPSA) is 66.5 Å². The minimum atomic E-state index is -4.49. The summed E-state index contributed by atoms with van der Waals surface area (Å²) in [6, 6.07) is 4.31. The first-order valence-corrected chi connectivity index (χ1v) is 10.1. The fourth-order valence-electron chi connectivity index (χ4n) is 3.12. The SMILES string of the molecule is O=C(NCC1CCN(S(=O)(=O)C2CC2)CC1)c1cccc(C(F)(F)F)c1. The van der Waals surface area contributed by atoms with Crippen LogP contribution >= 0.6 is 0 Å². The fraction of sp³-hybridized carbons (Fsp3) is 0.588. The molecule has 1 saturated carbocycles. The van der Waals surface area contributed by atoms with Gasteiger partial charge in [0.15, 0.2) is 0 Å². The third kappa shape index (κ3) is 4.37. The molecule has 0 unspecified atom stereocenters. The molecular formula is C17H21F3N2O3S. The van der Waals surface area contributed by atoms with Crippen LogP contribution in [-0.2, 0) is 16.2 Å². The number of halogens is 3. The van der Waals surface area contributed by atoms with E-state index in [9.17, 15) is 26.4 Å². The lowest BCUT2D eigenvalue weighted by Gasteiger charge is -2.31. The Morgan fingerprint density at radius 1 is 1.15 bits per heavy atom. The molecule has 1 aliphatic heterocycles. The van der Waals surface area contributed by atoms with Crippen LogP contribution in [0.4, 0.5) is 13.2 Å². The van der Waals surface area contributed by atoms with Crippen LogP contribution in [0.1, 0.15) is 41.6 Å². The van der Waals surface area contributed by atoms with Crippen LogP contribution in [0.3, 0.4) is 0 Å². The van der Waals surface area contributed by atoms with Crippen molar-refractivity contribution in [3.05, 3.63) is 35.4 Å². The number of hydrogen-bond donors (Lipinski definition) is 1. The minimum absolute atomic E-state index is 0.0337. The zero-order valence-electron chi connectivity index (χ0n) is 14.1. The molecule has 26 heavy (non-hydrogen) atoms. The van der Waals surface area contributed by atoms with Crippen molar-refractivity contribution in [3.63, 3.8) is 0 Å². The number of rotatable bonds is 5. The Balaban J connectivity index is 1.50. The smallest absolute Gasteiger partial charge is 0.352 e. The average Bonchev–Trinajstić information content (AvgIpc) is 3.45. The molecule has 2 fully saturated rings. The van der Waals surface area contributed by atoms with Crippen molar-refractivity contribution in [1.29, 1.82) is 0 Å². The highest BCUT2D eigenvalue weighted by Gasteiger charge is 2.41. The van der Waals surface area contributed by atoms with Crippen molar-refractivity contribution in [2.75, 3.05) is 19.6 Å². The van der Waals surface area contributed by atoms with Crippen molar-refractivity contribution in [1.82, 2.24) is 9.62 Å². The lowest BCUT2D eigenvalue weighted by molar-refractivity contribution is -0.137. The maximum Gasteiger partial charge on any atom is 0.416 e. The Hall–Kier alpha value is -1.61. The Bertz CT molecular complexity index is 768. The second kappa shape index (κ2) is 7.19. The molecule has 0 aromatic heterocycles. The third-order valence-corrected chi connectivity index (χ3v) is 7.28. The molecule has 3 rings (SSSR count). The number of sulfonamides is 1. The van der Waals surface area contributed by atoms with E-state index < -0.39 is 27.7 Å². The molecule has 1 saturated heterocycles. The molecule has 0 bridgehead atoms. The molecule has 1 aromatic rings. The van der Waals surface area contributed by atoms with Crippen molar-refractivity contribution < 1.29 is 26.4 Å². The Kier molecular flexibility index (Phi) is 5.30. The van der Waals surface area contributed by atoms with Gasteiger partial charge in [0.2, 0.25) is 10.0 Å². The summed E-state index contributed by atoms with van der Waals surface area (Å²) < 4.78 is 64.0. The minimum Gasteiger partial charge on any atom is -0.352 e. The predicted octanol–water partition coefficient (Wildman–Crippen LogP) is 2.64. The van der Waals surface area contributed by atoms with E-state index in [4.69, 9.17) is 0 Å². The lowest BCUT2D eigenvalue weighted by Crippen LogP contribution is -2.42. The second-order valence-electron chi connectivity index (χ2n) is 6.88. The maximum atomic E-state index is 12.7. The average molecular weight is 390 g/mol. The number of hydrogen-bond acceptors (Lipinski definition) is 3. The van der Waals surface area contributed by atoms with Crippen LogP contribution in [0.15, 0.2) is 24.3 Å². The van der Waals surface area contributed by atoms with E-state index in [1.165, 1.54) is 16.4 Å². The number of nitrogens with zero attached hydrogens (tertiary/aromatic N) is 1. The summed E-state index contributed by atoms with van der Waals surface area (Å²) in [4.78, 5) is 12.1. The highest BCUT2D eigenvalue weighted by Crippen LogP contribution is 2.33. The summed E-state index contributed by atoms with van der Waals surface area (Å²) >= 11 is 0. The molecule has 1 N–H and O–H groups in total. The molecule has 5 nitrogen and oxygen atoms in total. The number of carbonyl (C=O) groups excluding carboxylic acids is 1. The molecule has 1 aliphatic carbocycles. The van der Waals surface area contributed by atoms with Gasteiger partial charge in [0.05, 0.1) is 10.8 Å². The molecule has 2 aliphatic rings. The number of nitrogens with one attached hydrogen (secondary N) is 1. The number of carbonyl (C=O) groups is 1. The van der Waals surface area contributed by atoms with E-state index in [-0.39, 0.29) is 16.7 Å². The van der Waals surface area contributed by atoms with E-state index in [1.807, 2.05) is 0 Å². The largest absolute Gasteiger partial charge is 0.416 e. The van der Waals surface area contributed by atoms with Crippen LogP contribution in [-0.4, -0.2) is 43.5 Å². The molecule has 144 valence electrons. The van der Waals surface area contributed by atoms with Gasteiger partial charge < -0.3 is 5.32 Å². The first-order valence-electron chi connectivity index (χ1n) is 8.62. The van der Waals surface area contributed by atoms with Gasteiger partial charge in [-0.2, -0.15) is 13.2 Å². The van der Waals surface area contributed by atoms with Crippen LogP contribution in [0.2, 0.25) is 0 Å². The van der Waals surface area contributed by atoms with E-state index in [2.05, 4.69) is 5.32 Å². The highest BCUT2D eigenvalue weighted by molar-refractivity contribution is 7.90. The van der Waals surface area contributed by atoms with E-state index in [0.29, 0.717) is 32.5 Å². The zero-order valence-corrected chi connectivity index (χ0v) is 14.9. The lowest BCUT2D eigenvalue weighted by atomic mass is 9.98. The van der Waals surface area contributed by atoms with Gasteiger partial charge in [0, 0.05) is 25.2 Å². The number of alkyl halides is 3. The van der Waals surface area contributed by atoms with Crippen LogP contribution in [0.25, 0.3) is 0 Å². The summed E-state index contributed by atoms with van der Waals surface area (Å²) in [6.45, 7) is 1.19. The monoisotopic (exact) mass is 390 g/mol. The van der Waals surface area contributed by atoms with Gasteiger partial charge in [-0.25, -0.2) is 12.7 Å². The van der Waals surface area contributed by atoms with Crippen molar-refractivity contribution in [2.45, 2.75) is 37.1 Å². The fourth-order valence-corrected chi connectivity index (χ4v) is 4.99. The number of piperidine rings is 1. The number of amides is 1. The van der Waals surface area contributed by atoms with Gasteiger partial charge in [-0.1, -0.05) is 6.07 Å². The summed E-state index contributed by atoms with van der Waals surface area (Å²) in [5, 5.41) is 2.44. The second-order valence-corrected chi connectivity index (χ2v) is 9.09. The van der Waals surface area contributed by atoms with Crippen LogP contribution in [0, 0.1) is 5.92 Å². The van der Waals surface area contributed by atoms with E-state index in [1.54, 1.807) is 0 Å². The van der Waals surface area contributed by atoms with Gasteiger partial charge in [-0.3, -0.25) is 4.79 Å².